The second-order valence-electron chi connectivity index (χ2n) is 7.23. The standard InChI is InChI=1S/C19H26N4O3S2/c1-4-14-5-7-16(8-6-14)20-18(24)13(2)27-19-22-21-17(23(19)3)11-15-9-10-28(25,26)12-15/h5-8,13,15H,4,9-12H2,1-3H3,(H,20,24)/t13-,15+/m1/s1. The Balaban J connectivity index is 1.58. The summed E-state index contributed by atoms with van der Waals surface area (Å²) in [7, 11) is -1.05. The summed E-state index contributed by atoms with van der Waals surface area (Å²) in [5, 5.41) is 11.6. The van der Waals surface area contributed by atoms with Gasteiger partial charge in [-0.1, -0.05) is 30.8 Å². The summed E-state index contributed by atoms with van der Waals surface area (Å²) in [5.41, 5.74) is 2.00. The van der Waals surface area contributed by atoms with E-state index in [0.717, 1.165) is 17.9 Å². The van der Waals surface area contributed by atoms with Crippen LogP contribution in [0.25, 0.3) is 0 Å². The maximum absolute atomic E-state index is 12.5. The number of thioether (sulfide) groups is 1. The number of carbonyl (C=O) groups excluding carboxylic acids is 1. The van der Waals surface area contributed by atoms with E-state index in [1.807, 2.05) is 42.8 Å². The van der Waals surface area contributed by atoms with Gasteiger partial charge in [-0.05, 0) is 43.4 Å². The van der Waals surface area contributed by atoms with Gasteiger partial charge in [0.15, 0.2) is 15.0 Å². The maximum atomic E-state index is 12.5. The second-order valence-corrected chi connectivity index (χ2v) is 10.8. The second kappa shape index (κ2) is 8.65. The molecule has 1 aromatic heterocycles. The van der Waals surface area contributed by atoms with Crippen molar-refractivity contribution < 1.29 is 13.2 Å². The molecule has 0 saturated carbocycles. The van der Waals surface area contributed by atoms with E-state index in [2.05, 4.69) is 22.4 Å². The Morgan fingerprint density at radius 1 is 1.32 bits per heavy atom. The van der Waals surface area contributed by atoms with Crippen LogP contribution in [0.15, 0.2) is 29.4 Å². The number of hydrogen-bond acceptors (Lipinski definition) is 6. The lowest BCUT2D eigenvalue weighted by atomic mass is 10.1. The first-order valence-electron chi connectivity index (χ1n) is 9.42. The molecule has 1 saturated heterocycles. The highest BCUT2D eigenvalue weighted by Gasteiger charge is 2.29. The van der Waals surface area contributed by atoms with Gasteiger partial charge in [0, 0.05) is 19.2 Å². The Hall–Kier alpha value is -1.87. The number of hydrogen-bond donors (Lipinski definition) is 1. The third-order valence-electron chi connectivity index (χ3n) is 5.00. The van der Waals surface area contributed by atoms with Crippen LogP contribution in [-0.4, -0.2) is 45.8 Å². The minimum atomic E-state index is -2.90. The van der Waals surface area contributed by atoms with Crippen LogP contribution in [0.1, 0.15) is 31.7 Å². The maximum Gasteiger partial charge on any atom is 0.237 e. The molecule has 0 bridgehead atoms. The Morgan fingerprint density at radius 2 is 2.04 bits per heavy atom. The minimum absolute atomic E-state index is 0.0950. The van der Waals surface area contributed by atoms with Gasteiger partial charge in [-0.25, -0.2) is 8.42 Å². The molecule has 1 aromatic carbocycles. The SMILES string of the molecule is CCc1ccc(NC(=O)[C@@H](C)Sc2nnc(C[C@@H]3CCS(=O)(=O)C3)n2C)cc1. The molecule has 0 unspecified atom stereocenters. The number of sulfone groups is 1. The lowest BCUT2D eigenvalue weighted by Crippen LogP contribution is -2.22. The monoisotopic (exact) mass is 422 g/mol. The summed E-state index contributed by atoms with van der Waals surface area (Å²) in [6.45, 7) is 3.92. The summed E-state index contributed by atoms with van der Waals surface area (Å²) in [5.74, 6) is 1.23. The van der Waals surface area contributed by atoms with Gasteiger partial charge < -0.3 is 9.88 Å². The largest absolute Gasteiger partial charge is 0.325 e. The molecule has 28 heavy (non-hydrogen) atoms. The average molecular weight is 423 g/mol. The molecule has 1 aliphatic heterocycles. The Bertz CT molecular complexity index is 939. The number of nitrogens with one attached hydrogen (secondary N) is 1. The number of anilines is 1. The number of rotatable bonds is 7. The molecule has 1 N–H and O–H groups in total. The number of carbonyl (C=O) groups is 1. The first kappa shape index (κ1) is 20.9. The van der Waals surface area contributed by atoms with Gasteiger partial charge in [-0.3, -0.25) is 4.79 Å². The molecule has 9 heteroatoms. The van der Waals surface area contributed by atoms with Gasteiger partial charge in [0.25, 0.3) is 0 Å². The number of aryl methyl sites for hydroxylation is 1. The lowest BCUT2D eigenvalue weighted by molar-refractivity contribution is -0.115. The fraction of sp³-hybridized carbons (Fsp3) is 0.526. The summed E-state index contributed by atoms with van der Waals surface area (Å²) in [4.78, 5) is 12.5. The van der Waals surface area contributed by atoms with E-state index >= 15 is 0 Å². The molecule has 2 heterocycles. The van der Waals surface area contributed by atoms with Crippen molar-refractivity contribution in [3.05, 3.63) is 35.7 Å². The van der Waals surface area contributed by atoms with Gasteiger partial charge in [0.05, 0.1) is 16.8 Å². The first-order valence-corrected chi connectivity index (χ1v) is 12.1. The van der Waals surface area contributed by atoms with Crippen LogP contribution in [0, 0.1) is 5.92 Å². The number of nitrogens with zero attached hydrogens (tertiary/aromatic N) is 3. The van der Waals surface area contributed by atoms with E-state index in [9.17, 15) is 13.2 Å². The molecule has 1 amide bonds. The smallest absolute Gasteiger partial charge is 0.237 e. The lowest BCUT2D eigenvalue weighted by Gasteiger charge is -2.12. The zero-order chi connectivity index (χ0) is 20.3. The fourth-order valence-corrected chi connectivity index (χ4v) is 5.89. The molecule has 0 radical (unpaired) electrons. The van der Waals surface area contributed by atoms with E-state index < -0.39 is 9.84 Å². The molecular formula is C19H26N4O3S2. The van der Waals surface area contributed by atoms with Crippen molar-refractivity contribution in [2.24, 2.45) is 13.0 Å². The van der Waals surface area contributed by atoms with Gasteiger partial charge in [0.2, 0.25) is 5.91 Å². The van der Waals surface area contributed by atoms with Gasteiger partial charge in [-0.15, -0.1) is 10.2 Å². The predicted octanol–water partition coefficient (Wildman–Crippen LogP) is 2.47. The van der Waals surface area contributed by atoms with Crippen molar-refractivity contribution in [2.45, 2.75) is 43.5 Å². The first-order chi connectivity index (χ1) is 13.3. The highest BCUT2D eigenvalue weighted by molar-refractivity contribution is 8.00. The zero-order valence-electron chi connectivity index (χ0n) is 16.4. The van der Waals surface area contributed by atoms with Crippen LogP contribution in [0.5, 0.6) is 0 Å². The Kier molecular flexibility index (Phi) is 6.44. The molecule has 2 aromatic rings. The summed E-state index contributed by atoms with van der Waals surface area (Å²) in [6, 6.07) is 7.82. The van der Waals surface area contributed by atoms with E-state index in [1.165, 1.54) is 17.3 Å². The van der Waals surface area contributed by atoms with Crippen molar-refractivity contribution in [1.82, 2.24) is 14.8 Å². The van der Waals surface area contributed by atoms with Gasteiger partial charge in [0.1, 0.15) is 5.82 Å². The minimum Gasteiger partial charge on any atom is -0.325 e. The molecule has 7 nitrogen and oxygen atoms in total. The quantitative estimate of drug-likeness (QED) is 0.689. The van der Waals surface area contributed by atoms with Crippen LogP contribution in [0.2, 0.25) is 0 Å². The Labute approximate surface area is 170 Å². The normalized spacial score (nSPS) is 19.5. The van der Waals surface area contributed by atoms with Crippen molar-refractivity contribution in [2.75, 3.05) is 16.8 Å². The van der Waals surface area contributed by atoms with Crippen LogP contribution >= 0.6 is 11.8 Å². The molecule has 0 spiro atoms. The van der Waals surface area contributed by atoms with Crippen LogP contribution in [-0.2, 0) is 34.5 Å². The van der Waals surface area contributed by atoms with E-state index in [1.54, 1.807) is 0 Å². The molecule has 152 valence electrons. The predicted molar refractivity (Wildman–Crippen MR) is 111 cm³/mol. The van der Waals surface area contributed by atoms with Gasteiger partial charge >= 0.3 is 0 Å². The number of aromatic nitrogens is 3. The molecule has 0 aliphatic carbocycles. The summed E-state index contributed by atoms with van der Waals surface area (Å²) in [6.07, 6.45) is 2.22. The third kappa shape index (κ3) is 5.14. The molecule has 1 fully saturated rings. The van der Waals surface area contributed by atoms with Gasteiger partial charge in [-0.2, -0.15) is 0 Å². The zero-order valence-corrected chi connectivity index (χ0v) is 18.0. The summed E-state index contributed by atoms with van der Waals surface area (Å²) < 4.78 is 25.1. The molecule has 1 aliphatic rings. The number of benzene rings is 1. The van der Waals surface area contributed by atoms with Crippen LogP contribution < -0.4 is 5.32 Å². The van der Waals surface area contributed by atoms with Crippen molar-refractivity contribution in [3.63, 3.8) is 0 Å². The van der Waals surface area contributed by atoms with Crippen LogP contribution in [0.3, 0.4) is 0 Å². The third-order valence-corrected chi connectivity index (χ3v) is 7.98. The average Bonchev–Trinajstić information content (AvgIpc) is 3.18. The Morgan fingerprint density at radius 3 is 2.64 bits per heavy atom. The highest BCUT2D eigenvalue weighted by atomic mass is 32.2. The van der Waals surface area contributed by atoms with Crippen LogP contribution in [0.4, 0.5) is 5.69 Å². The van der Waals surface area contributed by atoms with Crippen molar-refractivity contribution in [3.8, 4) is 0 Å². The van der Waals surface area contributed by atoms with Crippen molar-refractivity contribution >= 4 is 33.2 Å². The molecular weight excluding hydrogens is 396 g/mol. The highest BCUT2D eigenvalue weighted by Crippen LogP contribution is 2.26. The summed E-state index contributed by atoms with van der Waals surface area (Å²) >= 11 is 1.34. The van der Waals surface area contributed by atoms with E-state index in [0.29, 0.717) is 18.0 Å². The topological polar surface area (TPSA) is 94.0 Å². The fourth-order valence-electron chi connectivity index (χ4n) is 3.20. The molecule has 3 rings (SSSR count). The number of amides is 1. The van der Waals surface area contributed by atoms with E-state index in [4.69, 9.17) is 0 Å². The van der Waals surface area contributed by atoms with E-state index in [-0.39, 0.29) is 28.6 Å². The van der Waals surface area contributed by atoms with Crippen molar-refractivity contribution in [1.29, 1.82) is 0 Å². The molecule has 2 atom stereocenters.